The average Bonchev–Trinajstić information content (AvgIpc) is 2.15. The molecule has 0 aromatic heterocycles. The molecule has 2 N–H and O–H groups in total. The van der Waals surface area contributed by atoms with Crippen LogP contribution in [0.5, 0.6) is 0 Å². The summed E-state index contributed by atoms with van der Waals surface area (Å²) in [6, 6.07) is 0.228. The third-order valence-electron chi connectivity index (χ3n) is 2.68. The molecule has 0 spiro atoms. The first-order valence-corrected chi connectivity index (χ1v) is 5.50. The first-order chi connectivity index (χ1) is 6.64. The van der Waals surface area contributed by atoms with Gasteiger partial charge in [-0.3, -0.25) is 10.9 Å². The molecule has 0 aliphatic heterocycles. The highest BCUT2D eigenvalue weighted by atomic mass is 19.3. The fourth-order valence-electron chi connectivity index (χ4n) is 1.67. The van der Waals surface area contributed by atoms with Gasteiger partial charge in [0, 0.05) is 25.4 Å². The molecule has 0 heterocycles. The number of hydrogen-bond acceptors (Lipinski definition) is 2. The largest absolute Gasteiger partial charge is 0.258 e. The summed E-state index contributed by atoms with van der Waals surface area (Å²) < 4.78 is 25.5. The molecule has 0 atom stereocenters. The first kappa shape index (κ1) is 11.9. The number of hydrogen-bond donors (Lipinski definition) is 2. The molecule has 1 aliphatic rings. The summed E-state index contributed by atoms with van der Waals surface area (Å²) in [7, 11) is 0. The lowest BCUT2D eigenvalue weighted by Crippen LogP contribution is -2.44. The van der Waals surface area contributed by atoms with Crippen molar-refractivity contribution in [2.45, 2.75) is 57.4 Å². The monoisotopic (exact) mass is 206 g/mol. The fourth-order valence-corrected chi connectivity index (χ4v) is 1.67. The number of alkyl halides is 2. The number of halogens is 2. The molecule has 0 saturated heterocycles. The zero-order valence-corrected chi connectivity index (χ0v) is 8.78. The number of nitrogens with one attached hydrogen (secondary N) is 2. The maximum Gasteiger partial charge on any atom is 0.248 e. The van der Waals surface area contributed by atoms with E-state index in [2.05, 4.69) is 17.8 Å². The van der Waals surface area contributed by atoms with E-state index in [9.17, 15) is 8.78 Å². The molecule has 4 heteroatoms. The molecule has 1 rings (SSSR count). The van der Waals surface area contributed by atoms with Gasteiger partial charge in [-0.25, -0.2) is 8.78 Å². The minimum atomic E-state index is -2.42. The lowest BCUT2D eigenvalue weighted by atomic mass is 9.93. The lowest BCUT2D eigenvalue weighted by Gasteiger charge is -2.28. The Kier molecular flexibility index (Phi) is 4.75. The third kappa shape index (κ3) is 4.33. The Hall–Kier alpha value is -0.220. The normalized spacial score (nSPS) is 22.5. The number of rotatable bonds is 5. The summed E-state index contributed by atoms with van der Waals surface area (Å²) >= 11 is 0. The van der Waals surface area contributed by atoms with Crippen LogP contribution in [0.3, 0.4) is 0 Å². The van der Waals surface area contributed by atoms with Crippen LogP contribution in [0.4, 0.5) is 8.78 Å². The van der Waals surface area contributed by atoms with E-state index in [1.54, 1.807) is 0 Å². The molecule has 1 saturated carbocycles. The zero-order chi connectivity index (χ0) is 10.4. The third-order valence-corrected chi connectivity index (χ3v) is 2.68. The van der Waals surface area contributed by atoms with Gasteiger partial charge in [0.05, 0.1) is 0 Å². The van der Waals surface area contributed by atoms with Gasteiger partial charge in [-0.05, 0) is 19.3 Å². The van der Waals surface area contributed by atoms with Gasteiger partial charge >= 0.3 is 0 Å². The maximum absolute atomic E-state index is 12.8. The molecule has 0 aromatic rings. The summed E-state index contributed by atoms with van der Waals surface area (Å²) in [4.78, 5) is 0. The van der Waals surface area contributed by atoms with Gasteiger partial charge in [0.25, 0.3) is 0 Å². The summed E-state index contributed by atoms with van der Waals surface area (Å²) in [6.45, 7) is 3.05. The van der Waals surface area contributed by atoms with E-state index in [0.29, 0.717) is 12.8 Å². The van der Waals surface area contributed by atoms with Crippen molar-refractivity contribution in [3.8, 4) is 0 Å². The lowest BCUT2D eigenvalue weighted by molar-refractivity contribution is -0.0414. The molecule has 14 heavy (non-hydrogen) atoms. The average molecular weight is 206 g/mol. The molecule has 1 fully saturated rings. The minimum Gasteiger partial charge on any atom is -0.258 e. The molecule has 1 aliphatic carbocycles. The Morgan fingerprint density at radius 2 is 1.93 bits per heavy atom. The van der Waals surface area contributed by atoms with Crippen LogP contribution >= 0.6 is 0 Å². The van der Waals surface area contributed by atoms with Crippen molar-refractivity contribution in [3.63, 3.8) is 0 Å². The van der Waals surface area contributed by atoms with Crippen molar-refractivity contribution >= 4 is 0 Å². The second-order valence-electron chi connectivity index (χ2n) is 4.05. The molecular weight excluding hydrogens is 186 g/mol. The van der Waals surface area contributed by atoms with Gasteiger partial charge in [0.15, 0.2) is 0 Å². The van der Waals surface area contributed by atoms with Crippen LogP contribution in [0.15, 0.2) is 0 Å². The van der Waals surface area contributed by atoms with Crippen LogP contribution in [0.2, 0.25) is 0 Å². The Morgan fingerprint density at radius 1 is 1.29 bits per heavy atom. The van der Waals surface area contributed by atoms with E-state index in [4.69, 9.17) is 0 Å². The standard InChI is InChI=1S/C10H20F2N2/c1-2-3-8-13-14-9-4-6-10(11,12)7-5-9/h9,13-14H,2-8H2,1H3. The Bertz CT molecular complexity index is 152. The van der Waals surface area contributed by atoms with Crippen LogP contribution in [0.1, 0.15) is 45.4 Å². The molecule has 0 unspecified atom stereocenters. The van der Waals surface area contributed by atoms with Crippen molar-refractivity contribution in [1.82, 2.24) is 10.9 Å². The van der Waals surface area contributed by atoms with E-state index in [1.165, 1.54) is 0 Å². The molecule has 0 radical (unpaired) electrons. The molecule has 0 bridgehead atoms. The first-order valence-electron chi connectivity index (χ1n) is 5.50. The topological polar surface area (TPSA) is 24.1 Å². The fraction of sp³-hybridized carbons (Fsp3) is 1.00. The van der Waals surface area contributed by atoms with Crippen molar-refractivity contribution in [2.24, 2.45) is 0 Å². The van der Waals surface area contributed by atoms with Gasteiger partial charge in [0.2, 0.25) is 5.92 Å². The summed E-state index contributed by atoms with van der Waals surface area (Å²) in [5.41, 5.74) is 6.20. The van der Waals surface area contributed by atoms with Gasteiger partial charge in [-0.15, -0.1) is 0 Å². The SMILES string of the molecule is CCCCNNC1CCC(F)(F)CC1. The smallest absolute Gasteiger partial charge is 0.248 e. The molecular formula is C10H20F2N2. The van der Waals surface area contributed by atoms with Crippen LogP contribution < -0.4 is 10.9 Å². The highest BCUT2D eigenvalue weighted by molar-refractivity contribution is 4.80. The van der Waals surface area contributed by atoms with E-state index in [-0.39, 0.29) is 18.9 Å². The minimum absolute atomic E-state index is 0.0279. The number of unbranched alkanes of at least 4 members (excludes halogenated alkanes) is 1. The highest BCUT2D eigenvalue weighted by Crippen LogP contribution is 2.32. The van der Waals surface area contributed by atoms with Gasteiger partial charge in [-0.2, -0.15) is 0 Å². The predicted molar refractivity (Wildman–Crippen MR) is 53.2 cm³/mol. The second kappa shape index (κ2) is 5.61. The summed E-state index contributed by atoms with van der Waals surface area (Å²) in [6.07, 6.45) is 3.48. The Balaban J connectivity index is 2.04. The quantitative estimate of drug-likeness (QED) is 0.533. The molecule has 0 aromatic carbocycles. The van der Waals surface area contributed by atoms with Gasteiger partial charge in [-0.1, -0.05) is 13.3 Å². The Morgan fingerprint density at radius 3 is 2.50 bits per heavy atom. The van der Waals surface area contributed by atoms with E-state index in [0.717, 1.165) is 19.4 Å². The predicted octanol–water partition coefficient (Wildman–Crippen LogP) is 2.46. The number of hydrazine groups is 1. The molecule has 84 valence electrons. The molecule has 0 amide bonds. The van der Waals surface area contributed by atoms with E-state index >= 15 is 0 Å². The van der Waals surface area contributed by atoms with Crippen LogP contribution in [-0.2, 0) is 0 Å². The van der Waals surface area contributed by atoms with E-state index < -0.39 is 5.92 Å². The van der Waals surface area contributed by atoms with Crippen molar-refractivity contribution in [1.29, 1.82) is 0 Å². The maximum atomic E-state index is 12.8. The molecule has 2 nitrogen and oxygen atoms in total. The van der Waals surface area contributed by atoms with Crippen molar-refractivity contribution < 1.29 is 8.78 Å². The summed E-state index contributed by atoms with van der Waals surface area (Å²) in [5.74, 6) is -2.42. The zero-order valence-electron chi connectivity index (χ0n) is 8.78. The van der Waals surface area contributed by atoms with Gasteiger partial charge in [0.1, 0.15) is 0 Å². The van der Waals surface area contributed by atoms with Crippen molar-refractivity contribution in [3.05, 3.63) is 0 Å². The van der Waals surface area contributed by atoms with Crippen LogP contribution in [0, 0.1) is 0 Å². The Labute approximate surface area is 84.4 Å². The van der Waals surface area contributed by atoms with Crippen LogP contribution in [-0.4, -0.2) is 18.5 Å². The van der Waals surface area contributed by atoms with Crippen molar-refractivity contribution in [2.75, 3.05) is 6.54 Å². The highest BCUT2D eigenvalue weighted by Gasteiger charge is 2.34. The van der Waals surface area contributed by atoms with E-state index in [1.807, 2.05) is 0 Å². The summed E-state index contributed by atoms with van der Waals surface area (Å²) in [5, 5.41) is 0. The van der Waals surface area contributed by atoms with Gasteiger partial charge < -0.3 is 0 Å². The van der Waals surface area contributed by atoms with Crippen LogP contribution in [0.25, 0.3) is 0 Å². The second-order valence-corrected chi connectivity index (χ2v) is 4.05.